The quantitative estimate of drug-likeness (QED) is 0.758. The first-order valence-corrected chi connectivity index (χ1v) is 6.84. The first-order valence-electron chi connectivity index (χ1n) is 6.46. The molecule has 0 amide bonds. The summed E-state index contributed by atoms with van der Waals surface area (Å²) >= 11 is 6.28. The Morgan fingerprint density at radius 2 is 2.18 bits per heavy atom. The van der Waals surface area contributed by atoms with E-state index in [0.717, 1.165) is 24.3 Å². The monoisotopic (exact) mass is 249 g/mol. The molecule has 1 heterocycles. The van der Waals surface area contributed by atoms with Gasteiger partial charge in [-0.05, 0) is 41.5 Å². The van der Waals surface area contributed by atoms with Crippen molar-refractivity contribution < 1.29 is 0 Å². The van der Waals surface area contributed by atoms with Gasteiger partial charge in [0, 0.05) is 11.2 Å². The van der Waals surface area contributed by atoms with Crippen LogP contribution in [0.3, 0.4) is 0 Å². The molecular weight excluding hydrogens is 230 g/mol. The van der Waals surface area contributed by atoms with E-state index in [1.165, 1.54) is 16.7 Å². The average Bonchev–Trinajstić information content (AvgIpc) is 2.29. The minimum Gasteiger partial charge on any atom is -0.289 e. The minimum absolute atomic E-state index is 0.429. The van der Waals surface area contributed by atoms with Crippen LogP contribution in [0.2, 0.25) is 5.02 Å². The Morgan fingerprint density at radius 1 is 1.41 bits per heavy atom. The van der Waals surface area contributed by atoms with E-state index < -0.39 is 0 Å². The highest BCUT2D eigenvalue weighted by molar-refractivity contribution is 6.31. The van der Waals surface area contributed by atoms with Crippen molar-refractivity contribution in [3.05, 3.63) is 33.8 Å². The summed E-state index contributed by atoms with van der Waals surface area (Å²) in [6.45, 7) is 6.65. The number of nitrogens with zero attached hydrogens (tertiary/aromatic N) is 1. The summed E-state index contributed by atoms with van der Waals surface area (Å²) in [6, 6.07) is 4.78. The van der Waals surface area contributed by atoms with Gasteiger partial charge in [0.05, 0.1) is 6.04 Å². The summed E-state index contributed by atoms with van der Waals surface area (Å²) in [5, 5.41) is 0.889. The van der Waals surface area contributed by atoms with Gasteiger partial charge in [-0.15, -0.1) is 0 Å². The zero-order valence-electron chi connectivity index (χ0n) is 10.8. The Hall–Kier alpha value is -0.820. The van der Waals surface area contributed by atoms with Crippen LogP contribution in [0.25, 0.3) is 0 Å². The zero-order chi connectivity index (χ0) is 12.4. The molecule has 0 spiro atoms. The van der Waals surface area contributed by atoms with E-state index in [2.05, 4.69) is 37.9 Å². The van der Waals surface area contributed by atoms with Crippen LogP contribution in [-0.2, 0) is 12.8 Å². The van der Waals surface area contributed by atoms with Crippen LogP contribution in [0, 0.1) is 5.92 Å². The second-order valence-electron chi connectivity index (χ2n) is 5.19. The first-order chi connectivity index (χ1) is 8.11. The van der Waals surface area contributed by atoms with Gasteiger partial charge in [-0.25, -0.2) is 0 Å². The fraction of sp³-hybridized carbons (Fsp3) is 0.533. The minimum atomic E-state index is 0.429. The van der Waals surface area contributed by atoms with Crippen LogP contribution in [0.4, 0.5) is 0 Å². The molecule has 0 aromatic heterocycles. The lowest BCUT2D eigenvalue weighted by Crippen LogP contribution is -2.21. The predicted molar refractivity (Wildman–Crippen MR) is 75.4 cm³/mol. The summed E-state index contributed by atoms with van der Waals surface area (Å²) in [7, 11) is 0. The van der Waals surface area contributed by atoms with E-state index in [-0.39, 0.29) is 0 Å². The number of fused-ring (bicyclic) bond motifs is 1. The fourth-order valence-electron chi connectivity index (χ4n) is 2.30. The molecule has 2 rings (SSSR count). The molecule has 1 aromatic carbocycles. The van der Waals surface area contributed by atoms with Crippen LogP contribution < -0.4 is 0 Å². The standard InChI is InChI=1S/C15H20ClN/c1-4-5-11-6-12-8-15(10(2)3)17-9-13(12)7-14(11)16/h6-7,9-10,15H,4-5,8H2,1-3H3. The van der Waals surface area contributed by atoms with Gasteiger partial charge in [-0.3, -0.25) is 4.99 Å². The molecule has 0 radical (unpaired) electrons. The average molecular weight is 250 g/mol. The van der Waals surface area contributed by atoms with Crippen molar-refractivity contribution in [2.75, 3.05) is 0 Å². The van der Waals surface area contributed by atoms with E-state index >= 15 is 0 Å². The third-order valence-corrected chi connectivity index (χ3v) is 3.78. The Labute approximate surface area is 109 Å². The molecule has 1 aromatic rings. The molecule has 1 aliphatic heterocycles. The summed E-state index contributed by atoms with van der Waals surface area (Å²) in [5.41, 5.74) is 3.89. The molecule has 0 saturated carbocycles. The van der Waals surface area contributed by atoms with Crippen molar-refractivity contribution in [3.63, 3.8) is 0 Å². The molecule has 92 valence electrons. The molecule has 1 atom stereocenters. The van der Waals surface area contributed by atoms with Gasteiger partial charge < -0.3 is 0 Å². The topological polar surface area (TPSA) is 12.4 Å². The Balaban J connectivity index is 2.32. The Bertz CT molecular complexity index is 435. The van der Waals surface area contributed by atoms with Crippen LogP contribution in [0.1, 0.15) is 43.9 Å². The maximum absolute atomic E-state index is 6.28. The van der Waals surface area contributed by atoms with E-state index in [1.807, 2.05) is 6.21 Å². The van der Waals surface area contributed by atoms with Gasteiger partial charge in [0.2, 0.25) is 0 Å². The highest BCUT2D eigenvalue weighted by Gasteiger charge is 2.19. The number of halogens is 1. The lowest BCUT2D eigenvalue weighted by molar-refractivity contribution is 0.490. The van der Waals surface area contributed by atoms with Crippen molar-refractivity contribution in [2.45, 2.75) is 46.1 Å². The lowest BCUT2D eigenvalue weighted by atomic mass is 9.90. The largest absolute Gasteiger partial charge is 0.289 e. The predicted octanol–water partition coefficient (Wildman–Crippen LogP) is 4.29. The number of aryl methyl sites for hydroxylation is 1. The Morgan fingerprint density at radius 3 is 2.82 bits per heavy atom. The van der Waals surface area contributed by atoms with E-state index in [0.29, 0.717) is 12.0 Å². The number of hydrogen-bond acceptors (Lipinski definition) is 1. The normalized spacial score (nSPS) is 18.5. The zero-order valence-corrected chi connectivity index (χ0v) is 11.6. The van der Waals surface area contributed by atoms with Gasteiger partial charge in [0.1, 0.15) is 0 Å². The lowest BCUT2D eigenvalue weighted by Gasteiger charge is -2.23. The van der Waals surface area contributed by atoms with Crippen molar-refractivity contribution >= 4 is 17.8 Å². The molecular formula is C15H20ClN. The number of benzene rings is 1. The SMILES string of the molecule is CCCc1cc2c(cc1Cl)C=NC(C(C)C)C2. The maximum Gasteiger partial charge on any atom is 0.0563 e. The fourth-order valence-corrected chi connectivity index (χ4v) is 2.57. The van der Waals surface area contributed by atoms with Crippen molar-refractivity contribution in [2.24, 2.45) is 10.9 Å². The summed E-state index contributed by atoms with van der Waals surface area (Å²) in [4.78, 5) is 4.60. The third-order valence-electron chi connectivity index (χ3n) is 3.43. The first kappa shape index (κ1) is 12.6. The number of rotatable bonds is 3. The molecule has 0 saturated heterocycles. The van der Waals surface area contributed by atoms with Crippen LogP contribution in [0.15, 0.2) is 17.1 Å². The van der Waals surface area contributed by atoms with Crippen molar-refractivity contribution in [1.82, 2.24) is 0 Å². The van der Waals surface area contributed by atoms with Crippen LogP contribution >= 0.6 is 11.6 Å². The number of hydrogen-bond donors (Lipinski definition) is 0. The van der Waals surface area contributed by atoms with Gasteiger partial charge in [-0.1, -0.05) is 44.9 Å². The number of aliphatic imine (C=N–C) groups is 1. The highest BCUT2D eigenvalue weighted by Crippen LogP contribution is 2.27. The molecule has 1 nitrogen and oxygen atoms in total. The summed E-state index contributed by atoms with van der Waals surface area (Å²) in [6.07, 6.45) is 5.25. The van der Waals surface area contributed by atoms with Gasteiger partial charge in [0.25, 0.3) is 0 Å². The van der Waals surface area contributed by atoms with Gasteiger partial charge >= 0.3 is 0 Å². The molecule has 2 heteroatoms. The summed E-state index contributed by atoms with van der Waals surface area (Å²) in [5.74, 6) is 0.602. The Kier molecular flexibility index (Phi) is 3.88. The molecule has 0 aliphatic carbocycles. The molecule has 0 fully saturated rings. The third kappa shape index (κ3) is 2.71. The second kappa shape index (κ2) is 5.22. The van der Waals surface area contributed by atoms with E-state index in [1.54, 1.807) is 0 Å². The smallest absolute Gasteiger partial charge is 0.0563 e. The van der Waals surface area contributed by atoms with Crippen LogP contribution in [-0.4, -0.2) is 12.3 Å². The van der Waals surface area contributed by atoms with Crippen molar-refractivity contribution in [3.8, 4) is 0 Å². The highest BCUT2D eigenvalue weighted by atomic mass is 35.5. The van der Waals surface area contributed by atoms with E-state index in [9.17, 15) is 0 Å². The van der Waals surface area contributed by atoms with Crippen molar-refractivity contribution in [1.29, 1.82) is 0 Å². The molecule has 17 heavy (non-hydrogen) atoms. The molecule has 0 bridgehead atoms. The van der Waals surface area contributed by atoms with Gasteiger partial charge in [-0.2, -0.15) is 0 Å². The summed E-state index contributed by atoms with van der Waals surface area (Å²) < 4.78 is 0. The maximum atomic E-state index is 6.28. The molecule has 1 aliphatic rings. The molecule has 0 N–H and O–H groups in total. The van der Waals surface area contributed by atoms with Crippen LogP contribution in [0.5, 0.6) is 0 Å². The second-order valence-corrected chi connectivity index (χ2v) is 5.59. The molecule has 1 unspecified atom stereocenters. The van der Waals surface area contributed by atoms with E-state index in [4.69, 9.17) is 11.6 Å². The van der Waals surface area contributed by atoms with Gasteiger partial charge in [0.15, 0.2) is 0 Å².